The number of hydrogen-bond acceptors (Lipinski definition) is 3. The molecule has 20 heavy (non-hydrogen) atoms. The fourth-order valence-corrected chi connectivity index (χ4v) is 1.71. The molecule has 0 aliphatic rings. The Labute approximate surface area is 127 Å². The van der Waals surface area contributed by atoms with Gasteiger partial charge in [-0.15, -0.1) is 0 Å². The summed E-state index contributed by atoms with van der Waals surface area (Å²) in [5.74, 6) is -1.32. The van der Waals surface area contributed by atoms with Crippen LogP contribution in [0.5, 0.6) is 0 Å². The molecule has 0 saturated carbocycles. The van der Waals surface area contributed by atoms with E-state index in [0.717, 1.165) is 0 Å². The molecular formula is C13H15Cl2N3O2. The Hall–Kier alpha value is -1.59. The lowest BCUT2D eigenvalue weighted by Gasteiger charge is -2.06. The fourth-order valence-electron chi connectivity index (χ4n) is 1.22. The highest BCUT2D eigenvalue weighted by Gasteiger charge is 2.12. The van der Waals surface area contributed by atoms with E-state index in [1.54, 1.807) is 18.2 Å². The quantitative estimate of drug-likeness (QED) is 0.508. The first-order valence-electron chi connectivity index (χ1n) is 5.97. The monoisotopic (exact) mass is 315 g/mol. The summed E-state index contributed by atoms with van der Waals surface area (Å²) >= 11 is 11.8. The number of carbonyl (C=O) groups excluding carboxylic acids is 2. The Morgan fingerprint density at radius 3 is 2.40 bits per heavy atom. The van der Waals surface area contributed by atoms with Gasteiger partial charge in [-0.3, -0.25) is 9.59 Å². The second-order valence-electron chi connectivity index (χ2n) is 4.44. The van der Waals surface area contributed by atoms with Crippen LogP contribution in [0.25, 0.3) is 0 Å². The van der Waals surface area contributed by atoms with E-state index in [-0.39, 0.29) is 5.92 Å². The number of benzene rings is 1. The van der Waals surface area contributed by atoms with Crippen LogP contribution in [0.15, 0.2) is 23.3 Å². The maximum absolute atomic E-state index is 11.4. The van der Waals surface area contributed by atoms with Crippen LogP contribution >= 0.6 is 23.2 Å². The standard InChI is InChI=1S/C13H15Cl2N3O2/c1-8(2)6-16-12(19)13(20)18-17-7-9-10(14)4-3-5-11(9)15/h3-5,7-8H,6H2,1-2H3,(H,16,19)(H,18,20)/b17-7-. The molecule has 108 valence electrons. The molecule has 0 radical (unpaired) electrons. The molecular weight excluding hydrogens is 301 g/mol. The van der Waals surface area contributed by atoms with Gasteiger partial charge in [0.05, 0.1) is 16.3 Å². The van der Waals surface area contributed by atoms with Crippen LogP contribution < -0.4 is 10.7 Å². The fraction of sp³-hybridized carbons (Fsp3) is 0.308. The zero-order valence-electron chi connectivity index (χ0n) is 11.1. The predicted molar refractivity (Wildman–Crippen MR) is 80.0 cm³/mol. The van der Waals surface area contributed by atoms with E-state index in [9.17, 15) is 9.59 Å². The molecule has 2 N–H and O–H groups in total. The van der Waals surface area contributed by atoms with E-state index in [1.807, 2.05) is 13.8 Å². The van der Waals surface area contributed by atoms with Crippen molar-refractivity contribution in [2.24, 2.45) is 11.0 Å². The third-order valence-electron chi connectivity index (χ3n) is 2.24. The Morgan fingerprint density at radius 2 is 1.85 bits per heavy atom. The van der Waals surface area contributed by atoms with Crippen molar-refractivity contribution in [3.05, 3.63) is 33.8 Å². The van der Waals surface area contributed by atoms with E-state index >= 15 is 0 Å². The van der Waals surface area contributed by atoms with Gasteiger partial charge in [-0.25, -0.2) is 5.43 Å². The van der Waals surface area contributed by atoms with Gasteiger partial charge in [-0.1, -0.05) is 43.1 Å². The highest BCUT2D eigenvalue weighted by atomic mass is 35.5. The number of hydrazone groups is 1. The molecule has 0 spiro atoms. The molecule has 0 saturated heterocycles. The van der Waals surface area contributed by atoms with Crippen molar-refractivity contribution in [3.8, 4) is 0 Å². The normalized spacial score (nSPS) is 10.8. The second-order valence-corrected chi connectivity index (χ2v) is 5.25. The third-order valence-corrected chi connectivity index (χ3v) is 2.90. The summed E-state index contributed by atoms with van der Waals surface area (Å²) in [5, 5.41) is 6.94. The third kappa shape index (κ3) is 5.19. The predicted octanol–water partition coefficient (Wildman–Crippen LogP) is 2.22. The molecule has 0 atom stereocenters. The smallest absolute Gasteiger partial charge is 0.329 e. The van der Waals surface area contributed by atoms with Crippen LogP contribution in [-0.2, 0) is 9.59 Å². The average Bonchev–Trinajstić information content (AvgIpc) is 2.39. The molecule has 1 aromatic carbocycles. The number of hydrogen-bond donors (Lipinski definition) is 2. The van der Waals surface area contributed by atoms with Gasteiger partial charge in [-0.05, 0) is 18.1 Å². The lowest BCUT2D eigenvalue weighted by molar-refractivity contribution is -0.139. The molecule has 5 nitrogen and oxygen atoms in total. The Morgan fingerprint density at radius 1 is 1.25 bits per heavy atom. The first-order chi connectivity index (χ1) is 9.41. The Balaban J connectivity index is 2.56. The van der Waals surface area contributed by atoms with Crippen LogP contribution in [0, 0.1) is 5.92 Å². The lowest BCUT2D eigenvalue weighted by atomic mass is 10.2. The molecule has 2 amide bonds. The van der Waals surface area contributed by atoms with Gasteiger partial charge in [-0.2, -0.15) is 5.10 Å². The minimum absolute atomic E-state index is 0.261. The van der Waals surface area contributed by atoms with Crippen LogP contribution in [-0.4, -0.2) is 24.6 Å². The molecule has 0 aliphatic carbocycles. The van der Waals surface area contributed by atoms with E-state index in [0.29, 0.717) is 22.2 Å². The number of nitrogens with zero attached hydrogens (tertiary/aromatic N) is 1. The summed E-state index contributed by atoms with van der Waals surface area (Å²) in [6, 6.07) is 4.98. The highest BCUT2D eigenvalue weighted by Crippen LogP contribution is 2.21. The number of amides is 2. The van der Waals surface area contributed by atoms with Crippen molar-refractivity contribution >= 4 is 41.2 Å². The Kier molecular flexibility index (Phi) is 6.48. The average molecular weight is 316 g/mol. The summed E-state index contributed by atoms with van der Waals surface area (Å²) < 4.78 is 0. The number of halogens is 2. The molecule has 0 aromatic heterocycles. The molecule has 0 heterocycles. The molecule has 1 rings (SSSR count). The van der Waals surface area contributed by atoms with Gasteiger partial charge >= 0.3 is 11.8 Å². The molecule has 0 unspecified atom stereocenters. The van der Waals surface area contributed by atoms with Crippen LogP contribution in [0.3, 0.4) is 0 Å². The molecule has 1 aromatic rings. The summed E-state index contributed by atoms with van der Waals surface area (Å²) in [7, 11) is 0. The summed E-state index contributed by atoms with van der Waals surface area (Å²) in [6.45, 7) is 4.28. The SMILES string of the molecule is CC(C)CNC(=O)C(=O)N/N=C\c1c(Cl)cccc1Cl. The van der Waals surface area contributed by atoms with E-state index in [4.69, 9.17) is 23.2 Å². The summed E-state index contributed by atoms with van der Waals surface area (Å²) in [5.41, 5.74) is 2.58. The van der Waals surface area contributed by atoms with Crippen molar-refractivity contribution in [3.63, 3.8) is 0 Å². The maximum Gasteiger partial charge on any atom is 0.329 e. The van der Waals surface area contributed by atoms with Gasteiger partial charge < -0.3 is 5.32 Å². The van der Waals surface area contributed by atoms with Gasteiger partial charge in [0.1, 0.15) is 0 Å². The largest absolute Gasteiger partial charge is 0.348 e. The number of nitrogens with one attached hydrogen (secondary N) is 2. The van der Waals surface area contributed by atoms with Gasteiger partial charge in [0.25, 0.3) is 0 Å². The van der Waals surface area contributed by atoms with E-state index < -0.39 is 11.8 Å². The topological polar surface area (TPSA) is 70.6 Å². The number of carbonyl (C=O) groups is 2. The first kappa shape index (κ1) is 16.5. The van der Waals surface area contributed by atoms with Gasteiger partial charge in [0.2, 0.25) is 0 Å². The number of rotatable bonds is 4. The zero-order valence-corrected chi connectivity index (χ0v) is 12.6. The second kappa shape index (κ2) is 7.87. The van der Waals surface area contributed by atoms with Crippen molar-refractivity contribution < 1.29 is 9.59 Å². The van der Waals surface area contributed by atoms with Crippen molar-refractivity contribution in [1.82, 2.24) is 10.7 Å². The van der Waals surface area contributed by atoms with Crippen LogP contribution in [0.1, 0.15) is 19.4 Å². The lowest BCUT2D eigenvalue weighted by Crippen LogP contribution is -2.39. The highest BCUT2D eigenvalue weighted by molar-refractivity contribution is 6.38. The summed E-state index contributed by atoms with van der Waals surface area (Å²) in [6.07, 6.45) is 1.29. The Bertz CT molecular complexity index is 510. The molecule has 0 bridgehead atoms. The van der Waals surface area contributed by atoms with Crippen molar-refractivity contribution in [1.29, 1.82) is 0 Å². The minimum Gasteiger partial charge on any atom is -0.348 e. The van der Waals surface area contributed by atoms with Gasteiger partial charge in [0, 0.05) is 12.1 Å². The van der Waals surface area contributed by atoms with E-state index in [1.165, 1.54) is 6.21 Å². The molecule has 0 aliphatic heterocycles. The van der Waals surface area contributed by atoms with E-state index in [2.05, 4.69) is 15.8 Å². The van der Waals surface area contributed by atoms with Gasteiger partial charge in [0.15, 0.2) is 0 Å². The molecule has 7 heteroatoms. The summed E-state index contributed by atoms with van der Waals surface area (Å²) in [4.78, 5) is 22.8. The zero-order chi connectivity index (χ0) is 15.1. The first-order valence-corrected chi connectivity index (χ1v) is 6.72. The maximum atomic E-state index is 11.4. The molecule has 0 fully saturated rings. The minimum atomic E-state index is -0.843. The van der Waals surface area contributed by atoms with Crippen molar-refractivity contribution in [2.45, 2.75) is 13.8 Å². The van der Waals surface area contributed by atoms with Crippen molar-refractivity contribution in [2.75, 3.05) is 6.54 Å². The van der Waals surface area contributed by atoms with Crippen LogP contribution in [0.2, 0.25) is 10.0 Å². The van der Waals surface area contributed by atoms with Crippen LogP contribution in [0.4, 0.5) is 0 Å².